The van der Waals surface area contributed by atoms with E-state index in [0.717, 1.165) is 59.5 Å². The zero-order chi connectivity index (χ0) is 19.3. The lowest BCUT2D eigenvalue weighted by Gasteiger charge is -2.27. The first-order valence-corrected chi connectivity index (χ1v) is 9.78. The van der Waals surface area contributed by atoms with Gasteiger partial charge in [-0.05, 0) is 31.0 Å². The number of nitrogens with zero attached hydrogens (tertiary/aromatic N) is 3. The fraction of sp³-hybridized carbons (Fsp3) is 0.381. The molecular formula is C21H22N4O3. The van der Waals surface area contributed by atoms with Crippen LogP contribution >= 0.6 is 0 Å². The number of nitrogens with one attached hydrogen (secondary N) is 1. The smallest absolute Gasteiger partial charge is 0.335 e. The van der Waals surface area contributed by atoms with Crippen molar-refractivity contribution in [3.8, 4) is 0 Å². The van der Waals surface area contributed by atoms with E-state index in [1.807, 2.05) is 11.1 Å². The zero-order valence-electron chi connectivity index (χ0n) is 15.6. The number of carbonyl (C=O) groups is 2. The molecule has 0 aliphatic carbocycles. The van der Waals surface area contributed by atoms with Crippen LogP contribution in [-0.2, 0) is 37.1 Å². The molecule has 2 N–H and O–H groups in total. The van der Waals surface area contributed by atoms with Crippen molar-refractivity contribution in [2.24, 2.45) is 0 Å². The number of amides is 1. The van der Waals surface area contributed by atoms with Crippen molar-refractivity contribution < 1.29 is 14.7 Å². The predicted molar refractivity (Wildman–Crippen MR) is 103 cm³/mol. The van der Waals surface area contributed by atoms with Gasteiger partial charge in [0.25, 0.3) is 0 Å². The van der Waals surface area contributed by atoms with E-state index in [4.69, 9.17) is 0 Å². The topological polar surface area (TPSA) is 91.2 Å². The van der Waals surface area contributed by atoms with Gasteiger partial charge in [-0.15, -0.1) is 0 Å². The summed E-state index contributed by atoms with van der Waals surface area (Å²) in [5.41, 5.74) is 4.16. The first kappa shape index (κ1) is 17.0. The van der Waals surface area contributed by atoms with Crippen molar-refractivity contribution in [2.45, 2.75) is 45.2 Å². The number of aromatic amines is 1. The summed E-state index contributed by atoms with van der Waals surface area (Å²) in [6, 6.07) is 5.11. The van der Waals surface area contributed by atoms with Crippen LogP contribution in [0.25, 0.3) is 10.9 Å². The molecule has 1 amide bonds. The average Bonchev–Trinajstić information content (AvgIpc) is 3.27. The Labute approximate surface area is 162 Å². The van der Waals surface area contributed by atoms with Crippen molar-refractivity contribution >= 4 is 22.8 Å². The molecule has 0 spiro atoms. The van der Waals surface area contributed by atoms with Crippen molar-refractivity contribution in [2.75, 3.05) is 6.54 Å². The van der Waals surface area contributed by atoms with Crippen LogP contribution in [0.3, 0.4) is 0 Å². The first-order chi connectivity index (χ1) is 13.6. The number of hydrogen-bond acceptors (Lipinski definition) is 3. The highest BCUT2D eigenvalue weighted by molar-refractivity contribution is 5.95. The van der Waals surface area contributed by atoms with Gasteiger partial charge in [-0.1, -0.05) is 0 Å². The van der Waals surface area contributed by atoms with Gasteiger partial charge in [0.1, 0.15) is 5.82 Å². The number of carboxylic acids is 1. The van der Waals surface area contributed by atoms with Crippen LogP contribution in [0.4, 0.5) is 0 Å². The molecule has 2 aromatic heterocycles. The van der Waals surface area contributed by atoms with Crippen LogP contribution < -0.4 is 0 Å². The fourth-order valence-corrected chi connectivity index (χ4v) is 4.38. The molecule has 0 radical (unpaired) electrons. The van der Waals surface area contributed by atoms with Crippen LogP contribution in [0.15, 0.2) is 24.4 Å². The van der Waals surface area contributed by atoms with Gasteiger partial charge in [0.05, 0.1) is 17.7 Å². The molecule has 4 heterocycles. The summed E-state index contributed by atoms with van der Waals surface area (Å²) in [4.78, 5) is 34.1. The molecule has 0 unspecified atom stereocenters. The van der Waals surface area contributed by atoms with E-state index >= 15 is 0 Å². The Hall–Kier alpha value is -3.09. The summed E-state index contributed by atoms with van der Waals surface area (Å²) >= 11 is 0. The number of carboxylic acid groups (broad SMARTS) is 1. The molecule has 3 aromatic rings. The monoisotopic (exact) mass is 378 g/mol. The van der Waals surface area contributed by atoms with Crippen molar-refractivity contribution in [1.82, 2.24) is 19.4 Å². The summed E-state index contributed by atoms with van der Waals surface area (Å²) in [5.74, 6) is 0.224. The maximum Gasteiger partial charge on any atom is 0.335 e. The van der Waals surface area contributed by atoms with Crippen LogP contribution in [0, 0.1) is 0 Å². The first-order valence-electron chi connectivity index (χ1n) is 9.78. The third-order valence-electron chi connectivity index (χ3n) is 5.87. The Morgan fingerprint density at radius 1 is 1.18 bits per heavy atom. The fourth-order valence-electron chi connectivity index (χ4n) is 4.38. The zero-order valence-corrected chi connectivity index (χ0v) is 15.6. The van der Waals surface area contributed by atoms with E-state index in [9.17, 15) is 14.7 Å². The number of imidazole rings is 1. The molecule has 0 fully saturated rings. The van der Waals surface area contributed by atoms with Gasteiger partial charge >= 0.3 is 5.97 Å². The molecule has 0 saturated heterocycles. The molecule has 7 nitrogen and oxygen atoms in total. The van der Waals surface area contributed by atoms with E-state index in [1.165, 1.54) is 6.42 Å². The number of aromatic nitrogens is 3. The highest BCUT2D eigenvalue weighted by Gasteiger charge is 2.25. The van der Waals surface area contributed by atoms with Crippen molar-refractivity contribution in [3.05, 3.63) is 52.7 Å². The summed E-state index contributed by atoms with van der Waals surface area (Å²) in [6.07, 6.45) is 6.41. The lowest BCUT2D eigenvalue weighted by atomic mass is 10.0. The molecule has 2 aliphatic heterocycles. The second-order valence-electron chi connectivity index (χ2n) is 7.69. The number of benzene rings is 1. The third kappa shape index (κ3) is 2.87. The number of hydrogen-bond donors (Lipinski definition) is 2. The van der Waals surface area contributed by atoms with E-state index < -0.39 is 5.97 Å². The van der Waals surface area contributed by atoms with E-state index in [1.54, 1.807) is 18.2 Å². The van der Waals surface area contributed by atoms with Gasteiger partial charge in [0.15, 0.2) is 0 Å². The number of aryl methyl sites for hydroxylation is 2. The Morgan fingerprint density at radius 3 is 2.89 bits per heavy atom. The second kappa shape index (κ2) is 6.51. The molecule has 5 rings (SSSR count). The lowest BCUT2D eigenvalue weighted by Crippen LogP contribution is -2.36. The van der Waals surface area contributed by atoms with Gasteiger partial charge in [-0.25, -0.2) is 9.78 Å². The largest absolute Gasteiger partial charge is 0.478 e. The number of fused-ring (bicyclic) bond motifs is 4. The molecule has 144 valence electrons. The Kier molecular flexibility index (Phi) is 3.96. The Morgan fingerprint density at radius 2 is 2.07 bits per heavy atom. The standard InChI is InChI=1S/C21H22N4O3/c26-20(10-14-11-24-7-2-1-3-19(24)22-14)25-8-6-18-16(12-25)15-9-13(21(27)28)4-5-17(15)23-18/h4-5,9,11,23H,1-3,6-8,10,12H2,(H,27,28). The second-order valence-corrected chi connectivity index (χ2v) is 7.69. The molecule has 0 bridgehead atoms. The Bertz CT molecular complexity index is 1070. The minimum absolute atomic E-state index is 0.0739. The third-order valence-corrected chi connectivity index (χ3v) is 5.87. The molecule has 0 saturated carbocycles. The van der Waals surface area contributed by atoms with Crippen molar-refractivity contribution in [3.63, 3.8) is 0 Å². The lowest BCUT2D eigenvalue weighted by molar-refractivity contribution is -0.131. The maximum atomic E-state index is 12.9. The molecular weight excluding hydrogens is 356 g/mol. The minimum Gasteiger partial charge on any atom is -0.478 e. The van der Waals surface area contributed by atoms with Crippen LogP contribution in [0.1, 0.15) is 46.0 Å². The Balaban J connectivity index is 1.38. The highest BCUT2D eigenvalue weighted by atomic mass is 16.4. The summed E-state index contributed by atoms with van der Waals surface area (Å²) < 4.78 is 2.17. The number of aromatic carboxylic acids is 1. The molecule has 7 heteroatoms. The SMILES string of the molecule is O=C(O)c1ccc2[nH]c3c(c2c1)CN(C(=O)Cc1cn2c(n1)CCCC2)CC3. The molecule has 0 atom stereocenters. The number of H-pyrrole nitrogens is 1. The average molecular weight is 378 g/mol. The quantitative estimate of drug-likeness (QED) is 0.733. The van der Waals surface area contributed by atoms with E-state index in [0.29, 0.717) is 19.5 Å². The van der Waals surface area contributed by atoms with Gasteiger partial charge in [-0.3, -0.25) is 4.79 Å². The van der Waals surface area contributed by atoms with Crippen molar-refractivity contribution in [1.29, 1.82) is 0 Å². The number of rotatable bonds is 3. The minimum atomic E-state index is -0.940. The van der Waals surface area contributed by atoms with Crippen LogP contribution in [0.2, 0.25) is 0 Å². The maximum absolute atomic E-state index is 12.9. The summed E-state index contributed by atoms with van der Waals surface area (Å²) in [5, 5.41) is 10.2. The van der Waals surface area contributed by atoms with Gasteiger partial charge in [0, 0.05) is 60.8 Å². The van der Waals surface area contributed by atoms with E-state index in [2.05, 4.69) is 14.5 Å². The summed E-state index contributed by atoms with van der Waals surface area (Å²) in [7, 11) is 0. The highest BCUT2D eigenvalue weighted by Crippen LogP contribution is 2.29. The van der Waals surface area contributed by atoms with Gasteiger partial charge in [0.2, 0.25) is 5.91 Å². The molecule has 1 aromatic carbocycles. The van der Waals surface area contributed by atoms with Crippen LogP contribution in [-0.4, -0.2) is 43.0 Å². The number of carbonyl (C=O) groups excluding carboxylic acids is 1. The van der Waals surface area contributed by atoms with Crippen LogP contribution in [0.5, 0.6) is 0 Å². The van der Waals surface area contributed by atoms with Gasteiger partial charge in [-0.2, -0.15) is 0 Å². The summed E-state index contributed by atoms with van der Waals surface area (Å²) in [6.45, 7) is 2.16. The predicted octanol–water partition coefficient (Wildman–Crippen LogP) is 2.53. The van der Waals surface area contributed by atoms with Gasteiger partial charge < -0.3 is 19.6 Å². The van der Waals surface area contributed by atoms with E-state index in [-0.39, 0.29) is 11.5 Å². The molecule has 28 heavy (non-hydrogen) atoms. The normalized spacial score (nSPS) is 16.1. The molecule has 2 aliphatic rings.